The molecule has 2 aliphatic rings. The van der Waals surface area contributed by atoms with Crippen LogP contribution in [0, 0.1) is 0 Å². The Balaban J connectivity index is 1.29. The Labute approximate surface area is 174 Å². The second-order valence-electron chi connectivity index (χ2n) is 7.81. The highest BCUT2D eigenvalue weighted by molar-refractivity contribution is 6.01. The van der Waals surface area contributed by atoms with Gasteiger partial charge in [-0.15, -0.1) is 0 Å². The average Bonchev–Trinajstić information content (AvgIpc) is 3.52. The Hall–Kier alpha value is -3.55. The zero-order chi connectivity index (χ0) is 20.5. The molecule has 5 rings (SSSR count). The van der Waals surface area contributed by atoms with Crippen LogP contribution in [0.5, 0.6) is 0 Å². The molecule has 1 aliphatic heterocycles. The van der Waals surface area contributed by atoms with E-state index in [1.807, 2.05) is 30.6 Å². The lowest BCUT2D eigenvalue weighted by atomic mass is 10.2. The first-order valence-electron chi connectivity index (χ1n) is 10.2. The molecule has 1 aromatic carbocycles. The highest BCUT2D eigenvalue weighted by Crippen LogP contribution is 2.39. The van der Waals surface area contributed by atoms with Crippen molar-refractivity contribution in [1.82, 2.24) is 19.9 Å². The topological polar surface area (TPSA) is 95.9 Å². The molecule has 1 unspecified atom stereocenters. The minimum atomic E-state index is -0.246. The van der Waals surface area contributed by atoms with Gasteiger partial charge in [0.25, 0.3) is 0 Å². The summed E-state index contributed by atoms with van der Waals surface area (Å²) < 4.78 is 0. The molecule has 30 heavy (non-hydrogen) atoms. The maximum atomic E-state index is 11.5. The average molecular weight is 401 g/mol. The minimum absolute atomic E-state index is 0.246. The quantitative estimate of drug-likeness (QED) is 0.613. The van der Waals surface area contributed by atoms with Gasteiger partial charge in [-0.1, -0.05) is 6.58 Å². The van der Waals surface area contributed by atoms with Crippen LogP contribution in [0.4, 0.5) is 17.5 Å². The number of fused-ring (bicyclic) bond motifs is 1. The van der Waals surface area contributed by atoms with Crippen molar-refractivity contribution in [1.29, 1.82) is 0 Å². The summed E-state index contributed by atoms with van der Waals surface area (Å²) in [6.07, 6.45) is 10.2. The SMILES string of the molecule is C=CC(=O)Nc1ccc2c(N3CCC(Nc4ncc(C5CC5)cn4)C3)ncnc2c1. The molecule has 1 saturated heterocycles. The van der Waals surface area contributed by atoms with E-state index in [1.165, 1.54) is 24.5 Å². The lowest BCUT2D eigenvalue weighted by molar-refractivity contribution is -0.111. The Morgan fingerprint density at radius 1 is 1.13 bits per heavy atom. The van der Waals surface area contributed by atoms with Crippen molar-refractivity contribution in [3.63, 3.8) is 0 Å². The van der Waals surface area contributed by atoms with Gasteiger partial charge in [-0.25, -0.2) is 19.9 Å². The summed E-state index contributed by atoms with van der Waals surface area (Å²) in [6.45, 7) is 5.18. The maximum absolute atomic E-state index is 11.5. The van der Waals surface area contributed by atoms with Crippen molar-refractivity contribution in [2.75, 3.05) is 28.6 Å². The third kappa shape index (κ3) is 3.80. The van der Waals surface area contributed by atoms with Gasteiger partial charge in [0.05, 0.1) is 5.52 Å². The van der Waals surface area contributed by atoms with Crippen LogP contribution in [0.15, 0.2) is 49.6 Å². The Bertz CT molecular complexity index is 1090. The number of amides is 1. The predicted octanol–water partition coefficient (Wildman–Crippen LogP) is 3.11. The second-order valence-corrected chi connectivity index (χ2v) is 7.81. The largest absolute Gasteiger partial charge is 0.354 e. The monoisotopic (exact) mass is 401 g/mol. The first-order valence-corrected chi connectivity index (χ1v) is 10.2. The fraction of sp³-hybridized carbons (Fsp3) is 0.318. The predicted molar refractivity (Wildman–Crippen MR) is 117 cm³/mol. The third-order valence-electron chi connectivity index (χ3n) is 5.61. The lowest BCUT2D eigenvalue weighted by Gasteiger charge is -2.19. The summed E-state index contributed by atoms with van der Waals surface area (Å²) >= 11 is 0. The molecule has 1 aliphatic carbocycles. The molecule has 8 heteroatoms. The van der Waals surface area contributed by atoms with Crippen molar-refractivity contribution in [3.05, 3.63) is 55.1 Å². The van der Waals surface area contributed by atoms with E-state index in [1.54, 1.807) is 6.33 Å². The number of carbonyl (C=O) groups excluding carboxylic acids is 1. The molecule has 1 saturated carbocycles. The molecular weight excluding hydrogens is 378 g/mol. The summed E-state index contributed by atoms with van der Waals surface area (Å²) in [5.74, 6) is 2.00. The zero-order valence-corrected chi connectivity index (χ0v) is 16.6. The van der Waals surface area contributed by atoms with E-state index in [-0.39, 0.29) is 11.9 Å². The molecule has 3 aromatic rings. The highest BCUT2D eigenvalue weighted by Gasteiger charge is 2.27. The van der Waals surface area contributed by atoms with Crippen molar-refractivity contribution in [2.45, 2.75) is 31.2 Å². The first kappa shape index (κ1) is 18.5. The molecule has 8 nitrogen and oxygen atoms in total. The van der Waals surface area contributed by atoms with Crippen LogP contribution < -0.4 is 15.5 Å². The van der Waals surface area contributed by atoms with Crippen molar-refractivity contribution in [2.24, 2.45) is 0 Å². The molecule has 152 valence electrons. The summed E-state index contributed by atoms with van der Waals surface area (Å²) in [4.78, 5) is 31.7. The Morgan fingerprint density at radius 2 is 1.97 bits per heavy atom. The maximum Gasteiger partial charge on any atom is 0.247 e. The van der Waals surface area contributed by atoms with E-state index < -0.39 is 0 Å². The van der Waals surface area contributed by atoms with E-state index in [0.717, 1.165) is 36.2 Å². The zero-order valence-electron chi connectivity index (χ0n) is 16.6. The van der Waals surface area contributed by atoms with E-state index in [9.17, 15) is 4.79 Å². The molecule has 3 heterocycles. The first-order chi connectivity index (χ1) is 14.7. The van der Waals surface area contributed by atoms with E-state index >= 15 is 0 Å². The fourth-order valence-corrected chi connectivity index (χ4v) is 3.86. The Morgan fingerprint density at radius 3 is 2.73 bits per heavy atom. The van der Waals surface area contributed by atoms with Gasteiger partial charge < -0.3 is 15.5 Å². The molecule has 2 aromatic heterocycles. The second kappa shape index (κ2) is 7.70. The molecule has 0 bridgehead atoms. The molecule has 0 spiro atoms. The van der Waals surface area contributed by atoms with Gasteiger partial charge in [-0.3, -0.25) is 4.79 Å². The van der Waals surface area contributed by atoms with Crippen LogP contribution in [0.1, 0.15) is 30.7 Å². The lowest BCUT2D eigenvalue weighted by Crippen LogP contribution is -2.27. The van der Waals surface area contributed by atoms with Crippen molar-refractivity contribution < 1.29 is 4.79 Å². The van der Waals surface area contributed by atoms with Crippen LogP contribution in [0.2, 0.25) is 0 Å². The van der Waals surface area contributed by atoms with Crippen molar-refractivity contribution >= 4 is 34.3 Å². The number of rotatable bonds is 6. The standard InChI is InChI=1S/C22H23N7O/c1-2-20(30)27-16-5-6-18-19(9-16)25-13-26-21(18)29-8-7-17(12-29)28-22-23-10-15(11-24-22)14-3-4-14/h2,5-6,9-11,13-14,17H,1,3-4,7-8,12H2,(H,27,30)(H,23,24,28). The Kier molecular flexibility index (Phi) is 4.74. The summed E-state index contributed by atoms with van der Waals surface area (Å²) in [5, 5.41) is 7.17. The number of anilines is 3. The molecule has 2 fully saturated rings. The number of nitrogens with one attached hydrogen (secondary N) is 2. The van der Waals surface area contributed by atoms with Gasteiger partial charge in [0.2, 0.25) is 11.9 Å². The van der Waals surface area contributed by atoms with E-state index in [4.69, 9.17) is 0 Å². The summed E-state index contributed by atoms with van der Waals surface area (Å²) in [5.41, 5.74) is 2.71. The molecule has 2 N–H and O–H groups in total. The molecule has 1 amide bonds. The molecular formula is C22H23N7O. The van der Waals surface area contributed by atoms with Gasteiger partial charge in [0, 0.05) is 42.6 Å². The third-order valence-corrected chi connectivity index (χ3v) is 5.61. The number of hydrogen-bond donors (Lipinski definition) is 2. The number of benzene rings is 1. The summed E-state index contributed by atoms with van der Waals surface area (Å²) in [6, 6.07) is 5.91. The number of nitrogens with zero attached hydrogens (tertiary/aromatic N) is 5. The highest BCUT2D eigenvalue weighted by atomic mass is 16.1. The van der Waals surface area contributed by atoms with Gasteiger partial charge in [-0.2, -0.15) is 0 Å². The molecule has 1 atom stereocenters. The van der Waals surface area contributed by atoms with Gasteiger partial charge >= 0.3 is 0 Å². The van der Waals surface area contributed by atoms with Gasteiger partial charge in [-0.05, 0) is 55.0 Å². The normalized spacial score (nSPS) is 18.4. The van der Waals surface area contributed by atoms with Crippen LogP contribution in [-0.4, -0.2) is 45.0 Å². The number of carbonyl (C=O) groups is 1. The van der Waals surface area contributed by atoms with Crippen LogP contribution >= 0.6 is 0 Å². The van der Waals surface area contributed by atoms with Gasteiger partial charge in [0.1, 0.15) is 12.1 Å². The fourth-order valence-electron chi connectivity index (χ4n) is 3.86. The number of hydrogen-bond acceptors (Lipinski definition) is 7. The van der Waals surface area contributed by atoms with Gasteiger partial charge in [0.15, 0.2) is 0 Å². The van der Waals surface area contributed by atoms with E-state index in [2.05, 4.69) is 42.0 Å². The smallest absolute Gasteiger partial charge is 0.247 e. The number of aromatic nitrogens is 4. The summed E-state index contributed by atoms with van der Waals surface area (Å²) in [7, 11) is 0. The minimum Gasteiger partial charge on any atom is -0.354 e. The van der Waals surface area contributed by atoms with Crippen molar-refractivity contribution in [3.8, 4) is 0 Å². The van der Waals surface area contributed by atoms with Crippen LogP contribution in [0.25, 0.3) is 10.9 Å². The van der Waals surface area contributed by atoms with Crippen LogP contribution in [0.3, 0.4) is 0 Å². The van der Waals surface area contributed by atoms with Crippen LogP contribution in [-0.2, 0) is 4.79 Å². The van der Waals surface area contributed by atoms with E-state index in [0.29, 0.717) is 17.6 Å². The molecule has 0 radical (unpaired) electrons.